The number of alkyl halides is 7. The van der Waals surface area contributed by atoms with Crippen molar-refractivity contribution >= 4 is 186 Å². The van der Waals surface area contributed by atoms with E-state index in [9.17, 15) is 67.1 Å². The van der Waals surface area contributed by atoms with Gasteiger partial charge < -0.3 is 99.5 Å². The summed E-state index contributed by atoms with van der Waals surface area (Å²) in [4.78, 5) is 157. The van der Waals surface area contributed by atoms with E-state index in [1.54, 1.807) is 48.5 Å². The molecule has 0 aliphatic carbocycles. The fourth-order valence-corrected chi connectivity index (χ4v) is 10.5. The van der Waals surface area contributed by atoms with E-state index in [-0.39, 0.29) is 124 Å². The van der Waals surface area contributed by atoms with Gasteiger partial charge in [0, 0.05) is 38.6 Å². The van der Waals surface area contributed by atoms with Gasteiger partial charge in [-0.15, -0.1) is 46.4 Å². The Balaban J connectivity index is 0.000000465. The zero-order valence-corrected chi connectivity index (χ0v) is 75.1. The molecular formula is C75H107Br2Cl4IO35. The SMILES string of the molecule is CC1(C(=O)OCCCBr)COC(=O)OC1.CC1(C(=O)OCCCBr)COC(=O)OC1.CC1(C(=O)OCCCCCCCCCl)COC(=O)OC1.CC1(C(=O)OCCCCCCCl)COC(=O)OC1.CC1(C(=O)OCCCCl)COC(=O)OC1.CC1(C(=O)OCCI)COC(=O)OC1.CC1(C(=O)OCc2ccc(CCl)cc2)COC(=O)OC1. The van der Waals surface area contributed by atoms with Crippen molar-refractivity contribution in [2.45, 2.75) is 144 Å². The minimum absolute atomic E-state index is 0.00839. The number of carbonyl (C=O) groups excluding carboxylic acids is 14. The second-order valence-electron chi connectivity index (χ2n) is 28.8. The van der Waals surface area contributed by atoms with Crippen molar-refractivity contribution in [2.75, 3.05) is 165 Å². The number of rotatable bonds is 35. The van der Waals surface area contributed by atoms with Crippen LogP contribution in [-0.2, 0) is 146 Å². The van der Waals surface area contributed by atoms with Gasteiger partial charge in [-0.05, 0) is 105 Å². The van der Waals surface area contributed by atoms with Gasteiger partial charge in [-0.2, -0.15) is 0 Å². The van der Waals surface area contributed by atoms with Crippen molar-refractivity contribution in [3.8, 4) is 0 Å². The third-order valence-corrected chi connectivity index (χ3v) is 19.7. The molecule has 0 bridgehead atoms. The second-order valence-corrected chi connectivity index (χ2v) is 32.9. The van der Waals surface area contributed by atoms with E-state index in [1.807, 2.05) is 24.3 Å². The highest BCUT2D eigenvalue weighted by Crippen LogP contribution is 2.31. The Hall–Kier alpha value is -6.75. The van der Waals surface area contributed by atoms with E-state index in [1.165, 1.54) is 6.42 Å². The molecule has 0 spiro atoms. The zero-order chi connectivity index (χ0) is 87.4. The van der Waals surface area contributed by atoms with Crippen molar-refractivity contribution in [1.29, 1.82) is 0 Å². The van der Waals surface area contributed by atoms with Crippen LogP contribution in [0.1, 0.15) is 143 Å². The van der Waals surface area contributed by atoms with Gasteiger partial charge in [-0.3, -0.25) is 33.6 Å². The highest BCUT2D eigenvalue weighted by atomic mass is 127. The zero-order valence-electron chi connectivity index (χ0n) is 66.7. The minimum Gasteiger partial charge on any atom is -0.465 e. The summed E-state index contributed by atoms with van der Waals surface area (Å²) in [7, 11) is 0. The van der Waals surface area contributed by atoms with Crippen LogP contribution in [0.25, 0.3) is 0 Å². The summed E-state index contributed by atoms with van der Waals surface area (Å²) < 4.78 is 102. The Morgan fingerprint density at radius 2 is 0.479 bits per heavy atom. The van der Waals surface area contributed by atoms with Crippen molar-refractivity contribution in [3.63, 3.8) is 0 Å². The van der Waals surface area contributed by atoms with Crippen LogP contribution in [0.3, 0.4) is 0 Å². The van der Waals surface area contributed by atoms with Crippen LogP contribution >= 0.6 is 101 Å². The van der Waals surface area contributed by atoms with E-state index < -0.39 is 105 Å². The topological polar surface area (TPSA) is 433 Å². The van der Waals surface area contributed by atoms with Crippen LogP contribution in [0.5, 0.6) is 0 Å². The van der Waals surface area contributed by atoms with E-state index in [4.69, 9.17) is 108 Å². The monoisotopic (exact) mass is 1990 g/mol. The molecular weight excluding hydrogens is 1890 g/mol. The average Bonchev–Trinajstić information content (AvgIpc) is 0.606. The molecule has 0 atom stereocenters. The van der Waals surface area contributed by atoms with Gasteiger partial charge in [-0.1, -0.05) is 117 Å². The standard InChI is InChI=1S/C14H15ClO5.C14H23ClO5.C12H19ClO5.2C9H13BrO5.C9H13ClO5.C8H11IO5/c1-14(8-19-13(17)20-9-14)12(16)18-7-11-4-2-10(6-15)3-5-11;1-14(10-19-13(17)20-11-14)12(16)18-9-7-5-3-2-4-6-8-15;1-12(8-17-11(15)18-9-12)10(14)16-7-5-3-2-4-6-13;3*1-9(5-14-8(12)15-6-9)7(11)13-4-2-3-10;1-8(6(10)12-3-2-9)4-13-7(11)14-5-8/h2-5H,6-9H2,1H3;2-11H2,1H3;2-9H2,1H3;3*2-6H2,1H3;2-5H2,1H3. The number of esters is 7. The molecule has 7 heterocycles. The summed E-state index contributed by atoms with van der Waals surface area (Å²) >= 11 is 30.9. The third-order valence-electron chi connectivity index (χ3n) is 17.0. The minimum atomic E-state index is -0.954. The molecule has 7 saturated heterocycles. The molecule has 8 rings (SSSR count). The summed E-state index contributed by atoms with van der Waals surface area (Å²) in [5.74, 6) is -0.528. The van der Waals surface area contributed by atoms with Gasteiger partial charge in [0.25, 0.3) is 0 Å². The molecule has 0 unspecified atom stereocenters. The van der Waals surface area contributed by atoms with Crippen LogP contribution in [0, 0.1) is 37.9 Å². The molecule has 7 fully saturated rings. The predicted molar refractivity (Wildman–Crippen MR) is 428 cm³/mol. The van der Waals surface area contributed by atoms with Gasteiger partial charge in [0.1, 0.15) is 144 Å². The average molecular weight is 2000 g/mol. The highest BCUT2D eigenvalue weighted by molar-refractivity contribution is 14.1. The van der Waals surface area contributed by atoms with Gasteiger partial charge in [0.05, 0.1) is 33.0 Å². The number of carbonyl (C=O) groups is 14. The maximum absolute atomic E-state index is 12.0. The lowest BCUT2D eigenvalue weighted by molar-refractivity contribution is -0.168. The normalized spacial score (nSPS) is 18.2. The Bertz CT molecular complexity index is 3090. The summed E-state index contributed by atoms with van der Waals surface area (Å²) in [6, 6.07) is 7.46. The number of unbranched alkanes of at least 4 members (excludes halogenated alkanes) is 8. The van der Waals surface area contributed by atoms with Gasteiger partial charge in [0.2, 0.25) is 0 Å². The molecule has 0 aromatic heterocycles. The van der Waals surface area contributed by atoms with Crippen molar-refractivity contribution in [3.05, 3.63) is 35.4 Å². The molecule has 0 N–H and O–H groups in total. The molecule has 1 aromatic carbocycles. The van der Waals surface area contributed by atoms with Crippen LogP contribution in [0.2, 0.25) is 0 Å². The Labute approximate surface area is 729 Å². The smallest absolute Gasteiger partial charge is 0.465 e. The van der Waals surface area contributed by atoms with E-state index >= 15 is 0 Å². The van der Waals surface area contributed by atoms with E-state index in [2.05, 4.69) is 92.3 Å². The largest absolute Gasteiger partial charge is 0.508 e. The number of hydrogen-bond donors (Lipinski definition) is 0. The van der Waals surface area contributed by atoms with Gasteiger partial charge in [0.15, 0.2) is 0 Å². The molecule has 0 saturated carbocycles. The number of hydrogen-bond acceptors (Lipinski definition) is 35. The molecule has 117 heavy (non-hydrogen) atoms. The third kappa shape index (κ3) is 41.9. The first-order valence-electron chi connectivity index (χ1n) is 37.3. The van der Waals surface area contributed by atoms with Crippen LogP contribution in [0.15, 0.2) is 24.3 Å². The molecule has 35 nitrogen and oxygen atoms in total. The van der Waals surface area contributed by atoms with Crippen LogP contribution in [0.4, 0.5) is 33.6 Å². The first-order valence-corrected chi connectivity index (χ1v) is 43.2. The maximum atomic E-state index is 12.0. The van der Waals surface area contributed by atoms with Crippen LogP contribution < -0.4 is 0 Å². The summed E-state index contributed by atoms with van der Waals surface area (Å²) in [6.07, 6.45) is 7.17. The fourth-order valence-electron chi connectivity index (χ4n) is 9.13. The quantitative estimate of drug-likeness (QED) is 0.0200. The summed E-state index contributed by atoms with van der Waals surface area (Å²) in [5, 5.41) is 1.56. The second kappa shape index (κ2) is 57.5. The van der Waals surface area contributed by atoms with Gasteiger partial charge >= 0.3 is 84.9 Å². The lowest BCUT2D eigenvalue weighted by atomic mass is 9.92. The Morgan fingerprint density at radius 3 is 0.692 bits per heavy atom. The number of halogens is 7. The van der Waals surface area contributed by atoms with Crippen molar-refractivity contribution in [2.24, 2.45) is 37.9 Å². The van der Waals surface area contributed by atoms with Crippen molar-refractivity contribution in [1.82, 2.24) is 0 Å². The number of ether oxygens (including phenoxy) is 21. The summed E-state index contributed by atoms with van der Waals surface area (Å²) in [5.41, 5.74) is -4.37. The molecule has 7 aliphatic rings. The van der Waals surface area contributed by atoms with Crippen molar-refractivity contribution < 1.29 is 167 Å². The molecule has 1 aromatic rings. The molecule has 42 heteroatoms. The molecule has 0 amide bonds. The Morgan fingerprint density at radius 1 is 0.291 bits per heavy atom. The number of benzene rings is 1. The van der Waals surface area contributed by atoms with E-state index in [0.717, 1.165) is 103 Å². The van der Waals surface area contributed by atoms with Gasteiger partial charge in [-0.25, -0.2) is 33.6 Å². The first-order chi connectivity index (χ1) is 55.5. The van der Waals surface area contributed by atoms with E-state index in [0.29, 0.717) is 57.1 Å². The Kier molecular flexibility index (Phi) is 52.2. The van der Waals surface area contributed by atoms with Crippen LogP contribution in [-0.4, -0.2) is 250 Å². The highest BCUT2D eigenvalue weighted by Gasteiger charge is 2.47. The fraction of sp³-hybridized carbons (Fsp3) is 0.733. The summed E-state index contributed by atoms with van der Waals surface area (Å²) in [6.45, 7) is 13.9. The molecule has 666 valence electrons. The lowest BCUT2D eigenvalue weighted by Crippen LogP contribution is -2.44. The predicted octanol–water partition coefficient (Wildman–Crippen LogP) is 13.9. The maximum Gasteiger partial charge on any atom is 0.508 e. The molecule has 0 radical (unpaired) electrons. The first kappa shape index (κ1) is 106. The molecule has 7 aliphatic heterocycles. The lowest BCUT2D eigenvalue weighted by Gasteiger charge is -2.29. The number of cyclic esters (lactones) is 14.